The zero-order valence-corrected chi connectivity index (χ0v) is 5.46. The minimum atomic E-state index is -0.458. The van der Waals surface area contributed by atoms with Crippen molar-refractivity contribution in [2.24, 2.45) is 0 Å². The number of aliphatic hydroxyl groups is 1. The fraction of sp³-hybridized carbons (Fsp3) is 0.429. The van der Waals surface area contributed by atoms with Gasteiger partial charge in [-0.3, -0.25) is 0 Å². The van der Waals surface area contributed by atoms with Gasteiger partial charge >= 0.3 is 0 Å². The first kappa shape index (κ1) is 6.36. The summed E-state index contributed by atoms with van der Waals surface area (Å²) in [6, 6.07) is 0. The first-order valence-corrected chi connectivity index (χ1v) is 3.14. The van der Waals surface area contributed by atoms with Gasteiger partial charge in [0.05, 0.1) is 0 Å². The monoisotopic (exact) mass is 125 g/mol. The highest BCUT2D eigenvalue weighted by Crippen LogP contribution is 2.07. The van der Waals surface area contributed by atoms with Crippen LogP contribution in [0.5, 0.6) is 0 Å². The van der Waals surface area contributed by atoms with E-state index in [9.17, 15) is 0 Å². The van der Waals surface area contributed by atoms with E-state index >= 15 is 0 Å². The highest BCUT2D eigenvalue weighted by atomic mass is 16.3. The Balaban J connectivity index is 2.63. The van der Waals surface area contributed by atoms with Gasteiger partial charge < -0.3 is 10.4 Å². The lowest BCUT2D eigenvalue weighted by Crippen LogP contribution is -2.27. The maximum atomic E-state index is 9.14. The van der Waals surface area contributed by atoms with Gasteiger partial charge in [0.1, 0.15) is 6.23 Å². The van der Waals surface area contributed by atoms with Gasteiger partial charge in [0.2, 0.25) is 0 Å². The molecule has 0 bridgehead atoms. The number of nitrogens with one attached hydrogen (secondary N) is 1. The second-order valence-electron chi connectivity index (χ2n) is 2.02. The van der Waals surface area contributed by atoms with Crippen molar-refractivity contribution < 1.29 is 5.11 Å². The van der Waals surface area contributed by atoms with E-state index in [-0.39, 0.29) is 0 Å². The van der Waals surface area contributed by atoms with E-state index in [4.69, 9.17) is 5.11 Å². The maximum Gasteiger partial charge on any atom is 0.146 e. The molecule has 0 spiro atoms. The van der Waals surface area contributed by atoms with E-state index in [1.807, 2.05) is 19.1 Å². The van der Waals surface area contributed by atoms with E-state index < -0.39 is 6.23 Å². The number of allylic oxidation sites excluding steroid dienone is 2. The summed E-state index contributed by atoms with van der Waals surface area (Å²) in [5, 5.41) is 11.9. The Hall–Kier alpha value is -0.760. The van der Waals surface area contributed by atoms with Crippen molar-refractivity contribution >= 4 is 0 Å². The third-order valence-electron chi connectivity index (χ3n) is 1.42. The predicted octanol–water partition coefficient (Wildman–Crippen LogP) is 0.758. The Labute approximate surface area is 54.9 Å². The second-order valence-corrected chi connectivity index (χ2v) is 2.02. The Kier molecular flexibility index (Phi) is 1.90. The zero-order valence-electron chi connectivity index (χ0n) is 5.46. The van der Waals surface area contributed by atoms with Crippen molar-refractivity contribution in [3.63, 3.8) is 0 Å². The molecule has 0 radical (unpaired) electrons. The normalized spacial score (nSPS) is 25.1. The highest BCUT2D eigenvalue weighted by molar-refractivity contribution is 5.19. The molecule has 0 fully saturated rings. The van der Waals surface area contributed by atoms with E-state index in [0.717, 1.165) is 12.0 Å². The molecule has 2 nitrogen and oxygen atoms in total. The average molecular weight is 125 g/mol. The molecule has 1 unspecified atom stereocenters. The van der Waals surface area contributed by atoms with Crippen molar-refractivity contribution in [1.29, 1.82) is 0 Å². The van der Waals surface area contributed by atoms with Gasteiger partial charge in [0.25, 0.3) is 0 Å². The molecule has 1 rings (SSSR count). The Morgan fingerprint density at radius 1 is 1.78 bits per heavy atom. The summed E-state index contributed by atoms with van der Waals surface area (Å²) in [6.45, 7) is 2.02. The fourth-order valence-electron chi connectivity index (χ4n) is 0.828. The molecule has 1 atom stereocenters. The van der Waals surface area contributed by atoms with Gasteiger partial charge in [0.15, 0.2) is 0 Å². The SMILES string of the molecule is CCC1=CC=CNC1O. The smallest absolute Gasteiger partial charge is 0.146 e. The zero-order chi connectivity index (χ0) is 6.69. The summed E-state index contributed by atoms with van der Waals surface area (Å²) in [4.78, 5) is 0. The van der Waals surface area contributed by atoms with Crippen LogP contribution in [0.2, 0.25) is 0 Å². The van der Waals surface area contributed by atoms with Crippen LogP contribution in [0.1, 0.15) is 13.3 Å². The van der Waals surface area contributed by atoms with Crippen LogP contribution >= 0.6 is 0 Å². The lowest BCUT2D eigenvalue weighted by Gasteiger charge is -2.15. The topological polar surface area (TPSA) is 32.3 Å². The molecule has 1 aliphatic heterocycles. The summed E-state index contributed by atoms with van der Waals surface area (Å²) in [5.74, 6) is 0. The van der Waals surface area contributed by atoms with Gasteiger partial charge in [-0.25, -0.2) is 0 Å². The highest BCUT2D eigenvalue weighted by Gasteiger charge is 2.06. The molecule has 1 heterocycles. The lowest BCUT2D eigenvalue weighted by molar-refractivity contribution is 0.185. The molecule has 1 aliphatic rings. The quantitative estimate of drug-likeness (QED) is 0.542. The first-order chi connectivity index (χ1) is 4.34. The van der Waals surface area contributed by atoms with Crippen LogP contribution in [0.15, 0.2) is 23.9 Å². The second kappa shape index (κ2) is 2.69. The summed E-state index contributed by atoms with van der Waals surface area (Å²) in [5.41, 5.74) is 1.04. The molecule has 0 aromatic rings. The van der Waals surface area contributed by atoms with Gasteiger partial charge in [-0.1, -0.05) is 13.0 Å². The molecule has 0 aliphatic carbocycles. The predicted molar refractivity (Wildman–Crippen MR) is 36.7 cm³/mol. The van der Waals surface area contributed by atoms with E-state index in [0.29, 0.717) is 0 Å². The molecule has 0 saturated carbocycles. The molecule has 0 aromatic carbocycles. The minimum absolute atomic E-state index is 0.458. The van der Waals surface area contributed by atoms with Gasteiger partial charge in [-0.2, -0.15) is 0 Å². The van der Waals surface area contributed by atoms with Crippen LogP contribution in [0.4, 0.5) is 0 Å². The molecule has 0 aromatic heterocycles. The van der Waals surface area contributed by atoms with Gasteiger partial charge in [-0.15, -0.1) is 0 Å². The molecule has 2 heteroatoms. The van der Waals surface area contributed by atoms with Crippen LogP contribution in [-0.4, -0.2) is 11.3 Å². The number of aliphatic hydroxyl groups excluding tert-OH is 1. The molecule has 2 N–H and O–H groups in total. The minimum Gasteiger partial charge on any atom is -0.370 e. The van der Waals surface area contributed by atoms with E-state index in [1.165, 1.54) is 0 Å². The van der Waals surface area contributed by atoms with E-state index in [2.05, 4.69) is 5.32 Å². The molecule has 0 saturated heterocycles. The summed E-state index contributed by atoms with van der Waals surface area (Å²) < 4.78 is 0. The Morgan fingerprint density at radius 2 is 2.56 bits per heavy atom. The summed E-state index contributed by atoms with van der Waals surface area (Å²) in [7, 11) is 0. The number of hydrogen-bond donors (Lipinski definition) is 2. The van der Waals surface area contributed by atoms with Crippen LogP contribution in [-0.2, 0) is 0 Å². The lowest BCUT2D eigenvalue weighted by atomic mass is 10.1. The van der Waals surface area contributed by atoms with Gasteiger partial charge in [-0.05, 0) is 24.3 Å². The number of hydrogen-bond acceptors (Lipinski definition) is 2. The van der Waals surface area contributed by atoms with Crippen molar-refractivity contribution in [2.45, 2.75) is 19.6 Å². The molecular weight excluding hydrogens is 114 g/mol. The van der Waals surface area contributed by atoms with Crippen molar-refractivity contribution in [2.75, 3.05) is 0 Å². The Bertz CT molecular complexity index is 149. The van der Waals surface area contributed by atoms with Crippen molar-refractivity contribution in [1.82, 2.24) is 5.32 Å². The van der Waals surface area contributed by atoms with Crippen molar-refractivity contribution in [3.05, 3.63) is 23.9 Å². The largest absolute Gasteiger partial charge is 0.370 e. The van der Waals surface area contributed by atoms with E-state index in [1.54, 1.807) is 6.20 Å². The molecule has 50 valence electrons. The maximum absolute atomic E-state index is 9.14. The fourth-order valence-corrected chi connectivity index (χ4v) is 0.828. The third-order valence-corrected chi connectivity index (χ3v) is 1.42. The van der Waals surface area contributed by atoms with Crippen LogP contribution in [0.25, 0.3) is 0 Å². The van der Waals surface area contributed by atoms with Crippen molar-refractivity contribution in [3.8, 4) is 0 Å². The third kappa shape index (κ3) is 1.33. The van der Waals surface area contributed by atoms with Gasteiger partial charge in [0, 0.05) is 0 Å². The van der Waals surface area contributed by atoms with Crippen LogP contribution < -0.4 is 5.32 Å². The molecular formula is C7H11NO. The first-order valence-electron chi connectivity index (χ1n) is 3.14. The molecule has 9 heavy (non-hydrogen) atoms. The number of dihydropyridines is 1. The average Bonchev–Trinajstić information content (AvgIpc) is 1.89. The summed E-state index contributed by atoms with van der Waals surface area (Å²) in [6.07, 6.45) is 6.01. The number of rotatable bonds is 1. The summed E-state index contributed by atoms with van der Waals surface area (Å²) >= 11 is 0. The van der Waals surface area contributed by atoms with Crippen LogP contribution in [0.3, 0.4) is 0 Å². The van der Waals surface area contributed by atoms with Crippen LogP contribution in [0, 0.1) is 0 Å². The standard InChI is InChI=1S/C7H11NO/c1-2-6-4-3-5-8-7(6)9/h3-5,7-9H,2H2,1H3. The molecule has 0 amide bonds. The Morgan fingerprint density at radius 3 is 3.00 bits per heavy atom.